The number of fused-ring (bicyclic) bond motifs is 2. The van der Waals surface area contributed by atoms with Gasteiger partial charge >= 0.3 is 6.09 Å². The van der Waals surface area contributed by atoms with Crippen LogP contribution in [0, 0.1) is 6.92 Å². The van der Waals surface area contributed by atoms with Gasteiger partial charge in [0.1, 0.15) is 23.7 Å². The molecule has 2 aliphatic heterocycles. The van der Waals surface area contributed by atoms with Crippen molar-refractivity contribution in [3.05, 3.63) is 44.6 Å². The van der Waals surface area contributed by atoms with Crippen LogP contribution in [0.3, 0.4) is 0 Å². The fourth-order valence-corrected chi connectivity index (χ4v) is 4.97. The summed E-state index contributed by atoms with van der Waals surface area (Å²) < 4.78 is 19.1. The summed E-state index contributed by atoms with van der Waals surface area (Å²) in [5.74, 6) is 2.27. The Kier molecular flexibility index (Phi) is 7.55. The molecule has 1 amide bonds. The maximum Gasteiger partial charge on any atom is 0.410 e. The zero-order valence-electron chi connectivity index (χ0n) is 21.2. The second kappa shape index (κ2) is 10.1. The lowest BCUT2D eigenvalue weighted by atomic mass is 10.1. The predicted octanol–water partition coefficient (Wildman–Crippen LogP) is 6.54. The van der Waals surface area contributed by atoms with Crippen molar-refractivity contribution in [2.75, 3.05) is 26.2 Å². The van der Waals surface area contributed by atoms with Crippen LogP contribution in [-0.2, 0) is 11.3 Å². The van der Waals surface area contributed by atoms with E-state index in [4.69, 9.17) is 25.8 Å². The number of amides is 1. The third kappa shape index (κ3) is 5.70. The Morgan fingerprint density at radius 3 is 2.74 bits per heavy atom. The Morgan fingerprint density at radius 1 is 1.31 bits per heavy atom. The number of pyridine rings is 1. The molecular weight excluding hydrogens is 534 g/mol. The predicted molar refractivity (Wildman–Crippen MR) is 140 cm³/mol. The summed E-state index contributed by atoms with van der Waals surface area (Å²) in [5.41, 5.74) is 2.28. The summed E-state index contributed by atoms with van der Waals surface area (Å²) in [5, 5.41) is 0.517. The van der Waals surface area contributed by atoms with Gasteiger partial charge in [0, 0.05) is 36.8 Å². The normalized spacial score (nSPS) is 18.4. The number of hydrogen-bond donors (Lipinski definition) is 0. The Balaban J connectivity index is 1.63. The number of rotatable bonds is 3. The van der Waals surface area contributed by atoms with Crippen molar-refractivity contribution < 1.29 is 19.0 Å². The smallest absolute Gasteiger partial charge is 0.410 e. The second-order valence-corrected chi connectivity index (χ2v) is 11.7. The lowest BCUT2D eigenvalue weighted by Gasteiger charge is -2.40. The zero-order valence-corrected chi connectivity index (χ0v) is 23.5. The molecule has 9 heteroatoms. The molecular formula is C26H33BrClN3O4. The van der Waals surface area contributed by atoms with Crippen LogP contribution in [0.5, 0.6) is 17.2 Å². The summed E-state index contributed by atoms with van der Waals surface area (Å²) in [6, 6.07) is 3.86. The number of piperazine rings is 1. The summed E-state index contributed by atoms with van der Waals surface area (Å²) in [6.07, 6.45) is 1.52. The molecule has 0 spiro atoms. The van der Waals surface area contributed by atoms with Crippen LogP contribution in [0.25, 0.3) is 0 Å². The first-order valence-electron chi connectivity index (χ1n) is 11.9. The summed E-state index contributed by atoms with van der Waals surface area (Å²) >= 11 is 10.3. The van der Waals surface area contributed by atoms with Gasteiger partial charge in [-0.1, -0.05) is 25.4 Å². The first-order valence-corrected chi connectivity index (χ1v) is 13.1. The van der Waals surface area contributed by atoms with Crippen LogP contribution in [0.4, 0.5) is 4.79 Å². The Labute approximate surface area is 220 Å². The maximum atomic E-state index is 12.7. The van der Waals surface area contributed by atoms with Crippen molar-refractivity contribution in [3.8, 4) is 17.2 Å². The third-order valence-corrected chi connectivity index (χ3v) is 7.39. The molecule has 2 aromatic rings. The van der Waals surface area contributed by atoms with Crippen LogP contribution >= 0.6 is 27.5 Å². The fraction of sp³-hybridized carbons (Fsp3) is 0.538. The Morgan fingerprint density at radius 2 is 2.06 bits per heavy atom. The van der Waals surface area contributed by atoms with Crippen LogP contribution in [-0.4, -0.2) is 58.8 Å². The number of aryl methyl sites for hydroxylation is 1. The zero-order chi connectivity index (χ0) is 25.5. The number of ether oxygens (including phenoxy) is 3. The van der Waals surface area contributed by atoms with Gasteiger partial charge < -0.3 is 19.1 Å². The molecule has 190 valence electrons. The van der Waals surface area contributed by atoms with E-state index in [-0.39, 0.29) is 18.1 Å². The van der Waals surface area contributed by atoms with Crippen LogP contribution in [0.2, 0.25) is 5.02 Å². The molecule has 0 bridgehead atoms. The van der Waals surface area contributed by atoms with Gasteiger partial charge in [-0.15, -0.1) is 0 Å². The third-order valence-electron chi connectivity index (χ3n) is 6.16. The first-order chi connectivity index (χ1) is 16.4. The average molecular weight is 567 g/mol. The summed E-state index contributed by atoms with van der Waals surface area (Å²) in [4.78, 5) is 21.3. The number of carbonyl (C=O) groups excluding carboxylic acids is 1. The van der Waals surface area contributed by atoms with E-state index in [0.29, 0.717) is 53.8 Å². The van der Waals surface area contributed by atoms with Gasteiger partial charge in [-0.3, -0.25) is 9.88 Å². The van der Waals surface area contributed by atoms with Gasteiger partial charge in [0.05, 0.1) is 22.3 Å². The van der Waals surface area contributed by atoms with E-state index in [1.807, 2.05) is 46.0 Å². The van der Waals surface area contributed by atoms with Crippen molar-refractivity contribution >= 4 is 33.6 Å². The number of benzene rings is 1. The second-order valence-electron chi connectivity index (χ2n) is 10.4. The highest BCUT2D eigenvalue weighted by molar-refractivity contribution is 9.10. The maximum absolute atomic E-state index is 12.7. The van der Waals surface area contributed by atoms with Crippen molar-refractivity contribution in [3.63, 3.8) is 0 Å². The van der Waals surface area contributed by atoms with Crippen molar-refractivity contribution in [1.29, 1.82) is 0 Å². The Hall–Kier alpha value is -2.03. The molecule has 1 fully saturated rings. The molecule has 0 N–H and O–H groups in total. The molecule has 1 aromatic carbocycles. The highest BCUT2D eigenvalue weighted by Gasteiger charge is 2.36. The van der Waals surface area contributed by atoms with Crippen molar-refractivity contribution in [2.45, 2.75) is 65.6 Å². The van der Waals surface area contributed by atoms with Gasteiger partial charge in [0.2, 0.25) is 0 Å². The van der Waals surface area contributed by atoms with Gasteiger partial charge in [-0.05, 0) is 67.2 Å². The van der Waals surface area contributed by atoms with Gasteiger partial charge in [-0.2, -0.15) is 0 Å². The molecule has 1 saturated heterocycles. The van der Waals surface area contributed by atoms with E-state index in [2.05, 4.69) is 39.7 Å². The van der Waals surface area contributed by atoms with Crippen molar-refractivity contribution in [1.82, 2.24) is 14.8 Å². The number of halogens is 2. The minimum atomic E-state index is -0.532. The van der Waals surface area contributed by atoms with Crippen LogP contribution < -0.4 is 9.47 Å². The topological polar surface area (TPSA) is 64.1 Å². The number of aromatic nitrogens is 1. The highest BCUT2D eigenvalue weighted by atomic mass is 79.9. The number of hydrogen-bond acceptors (Lipinski definition) is 6. The number of nitrogens with zero attached hydrogens (tertiary/aromatic N) is 3. The summed E-state index contributed by atoms with van der Waals surface area (Å²) in [7, 11) is 0. The van der Waals surface area contributed by atoms with Gasteiger partial charge in [0.25, 0.3) is 0 Å². The van der Waals surface area contributed by atoms with E-state index in [1.165, 1.54) is 0 Å². The van der Waals surface area contributed by atoms with E-state index >= 15 is 0 Å². The molecule has 1 aromatic heterocycles. The molecule has 7 nitrogen and oxygen atoms in total. The van der Waals surface area contributed by atoms with Gasteiger partial charge in [-0.25, -0.2) is 4.79 Å². The number of carbonyl (C=O) groups is 1. The Bertz CT molecular complexity index is 1120. The SMILES string of the molecule is Cc1ccnc(C(C)C)c1Oc1cc(Br)c(Cl)c2c1CN1CCN(C(=O)OC(C)(C)C)C[C@H]1CO2. The summed E-state index contributed by atoms with van der Waals surface area (Å²) in [6.45, 7) is 14.7. The molecule has 35 heavy (non-hydrogen) atoms. The molecule has 4 rings (SSSR count). The molecule has 3 heterocycles. The van der Waals surface area contributed by atoms with Crippen LogP contribution in [0.15, 0.2) is 22.8 Å². The largest absolute Gasteiger partial charge is 0.490 e. The van der Waals surface area contributed by atoms with Crippen LogP contribution in [0.1, 0.15) is 57.4 Å². The molecule has 0 radical (unpaired) electrons. The minimum Gasteiger partial charge on any atom is -0.490 e. The van der Waals surface area contributed by atoms with Crippen molar-refractivity contribution in [2.24, 2.45) is 0 Å². The first kappa shape index (κ1) is 26.0. The molecule has 0 saturated carbocycles. The van der Waals surface area contributed by atoms with E-state index < -0.39 is 5.60 Å². The minimum absolute atomic E-state index is 0.0118. The molecule has 0 unspecified atom stereocenters. The lowest BCUT2D eigenvalue weighted by Crippen LogP contribution is -2.56. The van der Waals surface area contributed by atoms with E-state index in [9.17, 15) is 4.79 Å². The van der Waals surface area contributed by atoms with Gasteiger partial charge in [0.15, 0.2) is 5.75 Å². The monoisotopic (exact) mass is 565 g/mol. The standard InChI is InChI=1S/C26H33BrClN3O4/c1-15(2)22-23(16(3)7-8-29-22)34-20-11-19(27)21(28)24-18(20)13-30-9-10-31(12-17(30)14-33-24)25(32)35-26(4,5)6/h7-8,11,15,17H,9-10,12-14H2,1-6H3/t17-/m0/s1. The average Bonchev–Trinajstić information content (AvgIpc) is 2.96. The molecule has 2 aliphatic rings. The van der Waals surface area contributed by atoms with E-state index in [1.54, 1.807) is 4.90 Å². The molecule has 0 aliphatic carbocycles. The quantitative estimate of drug-likeness (QED) is 0.421. The lowest BCUT2D eigenvalue weighted by molar-refractivity contribution is -0.00160. The fourth-order valence-electron chi connectivity index (χ4n) is 4.36. The highest BCUT2D eigenvalue weighted by Crippen LogP contribution is 2.46. The van der Waals surface area contributed by atoms with E-state index in [0.717, 1.165) is 22.6 Å². The molecule has 1 atom stereocenters.